The Morgan fingerprint density at radius 2 is 2.11 bits per heavy atom. The maximum atomic E-state index is 12.5. The number of amides is 1. The predicted molar refractivity (Wildman–Crippen MR) is 62.3 cm³/mol. The van der Waals surface area contributed by atoms with E-state index in [1.165, 1.54) is 6.08 Å². The van der Waals surface area contributed by atoms with E-state index in [0.29, 0.717) is 13.0 Å². The van der Waals surface area contributed by atoms with Crippen molar-refractivity contribution >= 4 is 5.91 Å². The smallest absolute Gasteiger partial charge is 0.382 e. The number of nitrogens with one attached hydrogen (secondary N) is 1. The van der Waals surface area contributed by atoms with Gasteiger partial charge in [-0.25, -0.2) is 0 Å². The van der Waals surface area contributed by atoms with Gasteiger partial charge in [0.25, 0.3) is 0 Å². The summed E-state index contributed by atoms with van der Waals surface area (Å²) in [7, 11) is 0. The number of hydrogen-bond donors (Lipinski definition) is 2. The SMILES string of the molecule is C=C[C@H]1OCC[C@@H]1C(=O)NC(C)(C)C(O)C(F)(F)F. The highest BCUT2D eigenvalue weighted by atomic mass is 19.4. The standard InChI is InChI=1S/C12H18F3NO3/c1-4-8-7(5-6-19-8)9(17)16-11(2,3)10(18)12(13,14)15/h4,7-8,10,18H,1,5-6H2,2-3H3,(H,16,17)/t7-,8+,10?/m0/s1. The molecular weight excluding hydrogens is 263 g/mol. The van der Waals surface area contributed by atoms with Crippen LogP contribution in [0.3, 0.4) is 0 Å². The average Bonchev–Trinajstić information content (AvgIpc) is 2.74. The number of aliphatic hydroxyl groups is 1. The van der Waals surface area contributed by atoms with Crippen molar-refractivity contribution < 1.29 is 27.8 Å². The van der Waals surface area contributed by atoms with Crippen LogP contribution in [-0.4, -0.2) is 41.5 Å². The van der Waals surface area contributed by atoms with E-state index in [4.69, 9.17) is 4.74 Å². The van der Waals surface area contributed by atoms with Gasteiger partial charge in [0, 0.05) is 6.61 Å². The lowest BCUT2D eigenvalue weighted by Crippen LogP contribution is -2.59. The topological polar surface area (TPSA) is 58.6 Å². The predicted octanol–water partition coefficient (Wildman–Crippen LogP) is 1.40. The van der Waals surface area contributed by atoms with Crippen LogP contribution < -0.4 is 5.32 Å². The van der Waals surface area contributed by atoms with Gasteiger partial charge >= 0.3 is 6.18 Å². The molecule has 3 atom stereocenters. The summed E-state index contributed by atoms with van der Waals surface area (Å²) in [6.45, 7) is 6.12. The molecule has 0 spiro atoms. The molecule has 1 unspecified atom stereocenters. The Balaban J connectivity index is 2.72. The second-order valence-corrected chi connectivity index (χ2v) is 5.12. The van der Waals surface area contributed by atoms with Gasteiger partial charge in [-0.2, -0.15) is 13.2 Å². The maximum absolute atomic E-state index is 12.5. The summed E-state index contributed by atoms with van der Waals surface area (Å²) in [5.74, 6) is -1.15. The van der Waals surface area contributed by atoms with Gasteiger partial charge < -0.3 is 15.2 Å². The fraction of sp³-hybridized carbons (Fsp3) is 0.750. The third kappa shape index (κ3) is 3.70. The monoisotopic (exact) mass is 281 g/mol. The second-order valence-electron chi connectivity index (χ2n) is 5.12. The fourth-order valence-corrected chi connectivity index (χ4v) is 2.01. The first-order valence-electron chi connectivity index (χ1n) is 5.90. The zero-order chi connectivity index (χ0) is 14.8. The van der Waals surface area contributed by atoms with Crippen LogP contribution in [0.4, 0.5) is 13.2 Å². The Kier molecular flexibility index (Phi) is 4.63. The van der Waals surface area contributed by atoms with E-state index >= 15 is 0 Å². The van der Waals surface area contributed by atoms with Crippen LogP contribution in [0, 0.1) is 5.92 Å². The van der Waals surface area contributed by atoms with E-state index in [-0.39, 0.29) is 0 Å². The zero-order valence-electron chi connectivity index (χ0n) is 10.8. The molecule has 1 fully saturated rings. The van der Waals surface area contributed by atoms with Gasteiger partial charge in [0.05, 0.1) is 17.6 Å². The molecule has 1 aliphatic heterocycles. The molecule has 19 heavy (non-hydrogen) atoms. The highest BCUT2D eigenvalue weighted by Gasteiger charge is 2.49. The van der Waals surface area contributed by atoms with Crippen LogP contribution in [0.5, 0.6) is 0 Å². The van der Waals surface area contributed by atoms with Crippen molar-refractivity contribution in [3.8, 4) is 0 Å². The van der Waals surface area contributed by atoms with Gasteiger partial charge in [-0.1, -0.05) is 6.08 Å². The number of carbonyl (C=O) groups excluding carboxylic acids is 1. The van der Waals surface area contributed by atoms with Crippen LogP contribution in [0.1, 0.15) is 20.3 Å². The minimum absolute atomic E-state index is 0.358. The molecule has 2 N–H and O–H groups in total. The molecule has 4 nitrogen and oxygen atoms in total. The van der Waals surface area contributed by atoms with Crippen molar-refractivity contribution in [3.63, 3.8) is 0 Å². The van der Waals surface area contributed by atoms with Crippen molar-refractivity contribution in [2.75, 3.05) is 6.61 Å². The minimum Gasteiger partial charge on any atom is -0.382 e. The molecule has 1 rings (SSSR count). The van der Waals surface area contributed by atoms with Crippen molar-refractivity contribution in [1.29, 1.82) is 0 Å². The van der Waals surface area contributed by atoms with E-state index in [9.17, 15) is 23.1 Å². The van der Waals surface area contributed by atoms with Gasteiger partial charge in [-0.05, 0) is 20.3 Å². The largest absolute Gasteiger partial charge is 0.416 e. The molecule has 1 aliphatic rings. The number of halogens is 3. The van der Waals surface area contributed by atoms with Gasteiger partial charge in [-0.3, -0.25) is 4.79 Å². The molecule has 0 aliphatic carbocycles. The van der Waals surface area contributed by atoms with Crippen molar-refractivity contribution in [2.24, 2.45) is 5.92 Å². The third-order valence-electron chi connectivity index (χ3n) is 3.14. The number of hydrogen-bond acceptors (Lipinski definition) is 3. The Morgan fingerprint density at radius 3 is 2.58 bits per heavy atom. The summed E-state index contributed by atoms with van der Waals surface area (Å²) in [6, 6.07) is 0. The first kappa shape index (κ1) is 16.0. The second kappa shape index (κ2) is 5.50. The van der Waals surface area contributed by atoms with E-state index in [2.05, 4.69) is 11.9 Å². The first-order chi connectivity index (χ1) is 8.59. The van der Waals surface area contributed by atoms with Gasteiger partial charge in [0.15, 0.2) is 6.10 Å². The molecular formula is C12H18F3NO3. The number of carbonyl (C=O) groups is 1. The summed E-state index contributed by atoms with van der Waals surface area (Å²) < 4.78 is 42.6. The van der Waals surface area contributed by atoms with E-state index in [1.807, 2.05) is 0 Å². The maximum Gasteiger partial charge on any atom is 0.416 e. The summed E-state index contributed by atoms with van der Waals surface area (Å²) in [5.41, 5.74) is -1.80. The molecule has 1 heterocycles. The lowest BCUT2D eigenvalue weighted by molar-refractivity contribution is -0.223. The molecule has 0 aromatic rings. The Labute approximate surface area is 109 Å². The molecule has 0 saturated carbocycles. The van der Waals surface area contributed by atoms with Gasteiger partial charge in [0.1, 0.15) is 0 Å². The van der Waals surface area contributed by atoms with E-state index in [0.717, 1.165) is 13.8 Å². The normalized spacial score (nSPS) is 26.0. The molecule has 0 aromatic carbocycles. The lowest BCUT2D eigenvalue weighted by Gasteiger charge is -2.34. The molecule has 0 radical (unpaired) electrons. The molecule has 110 valence electrons. The number of alkyl halides is 3. The van der Waals surface area contributed by atoms with Gasteiger partial charge in [-0.15, -0.1) is 6.58 Å². The van der Waals surface area contributed by atoms with Crippen LogP contribution in [-0.2, 0) is 9.53 Å². The van der Waals surface area contributed by atoms with Crippen LogP contribution >= 0.6 is 0 Å². The highest BCUT2D eigenvalue weighted by Crippen LogP contribution is 2.29. The average molecular weight is 281 g/mol. The molecule has 0 bridgehead atoms. The fourth-order valence-electron chi connectivity index (χ4n) is 2.01. The Hall–Kier alpha value is -1.08. The highest BCUT2D eigenvalue weighted by molar-refractivity contribution is 5.80. The van der Waals surface area contributed by atoms with Crippen molar-refractivity contribution in [2.45, 2.75) is 44.2 Å². The van der Waals surface area contributed by atoms with Crippen LogP contribution in [0.15, 0.2) is 12.7 Å². The number of ether oxygens (including phenoxy) is 1. The van der Waals surface area contributed by atoms with Crippen LogP contribution in [0.25, 0.3) is 0 Å². The Morgan fingerprint density at radius 1 is 1.53 bits per heavy atom. The Bertz CT molecular complexity index is 355. The number of rotatable bonds is 4. The quantitative estimate of drug-likeness (QED) is 0.766. The molecule has 1 saturated heterocycles. The molecule has 1 amide bonds. The van der Waals surface area contributed by atoms with Crippen LogP contribution in [0.2, 0.25) is 0 Å². The lowest BCUT2D eigenvalue weighted by atomic mass is 9.93. The molecule has 7 heteroatoms. The summed E-state index contributed by atoms with van der Waals surface area (Å²) in [4.78, 5) is 11.9. The van der Waals surface area contributed by atoms with Crippen molar-refractivity contribution in [1.82, 2.24) is 5.32 Å². The van der Waals surface area contributed by atoms with Gasteiger partial charge in [0.2, 0.25) is 5.91 Å². The third-order valence-corrected chi connectivity index (χ3v) is 3.14. The van der Waals surface area contributed by atoms with E-state index in [1.54, 1.807) is 0 Å². The van der Waals surface area contributed by atoms with Crippen molar-refractivity contribution in [3.05, 3.63) is 12.7 Å². The minimum atomic E-state index is -4.79. The zero-order valence-corrected chi connectivity index (χ0v) is 10.8. The summed E-state index contributed by atoms with van der Waals surface area (Å²) >= 11 is 0. The number of aliphatic hydroxyl groups excluding tert-OH is 1. The van der Waals surface area contributed by atoms with E-state index < -0.39 is 35.7 Å². The summed E-state index contributed by atoms with van der Waals surface area (Å²) in [5, 5.41) is 11.5. The molecule has 0 aromatic heterocycles. The summed E-state index contributed by atoms with van der Waals surface area (Å²) in [6.07, 6.45) is -6.06. The first-order valence-corrected chi connectivity index (χ1v) is 5.90.